The van der Waals surface area contributed by atoms with Gasteiger partial charge >= 0.3 is 0 Å². The lowest BCUT2D eigenvalue weighted by Crippen LogP contribution is -2.31. The summed E-state index contributed by atoms with van der Waals surface area (Å²) in [6.07, 6.45) is 3.98. The van der Waals surface area contributed by atoms with Crippen LogP contribution in [0.25, 0.3) is 0 Å². The lowest BCUT2D eigenvalue weighted by atomic mass is 10.1. The molecule has 0 saturated heterocycles. The van der Waals surface area contributed by atoms with E-state index in [1.807, 2.05) is 26.0 Å². The van der Waals surface area contributed by atoms with Crippen molar-refractivity contribution in [1.29, 1.82) is 0 Å². The minimum absolute atomic E-state index is 0.0930. The number of pyridine rings is 1. The molecule has 0 radical (unpaired) electrons. The van der Waals surface area contributed by atoms with Crippen molar-refractivity contribution in [2.45, 2.75) is 32.9 Å². The first-order valence-electron chi connectivity index (χ1n) is 6.11. The van der Waals surface area contributed by atoms with Crippen molar-refractivity contribution in [3.63, 3.8) is 0 Å². The third-order valence-corrected chi connectivity index (χ3v) is 2.73. The van der Waals surface area contributed by atoms with Crippen LogP contribution in [0.4, 0.5) is 0 Å². The van der Waals surface area contributed by atoms with Crippen LogP contribution in [0.5, 0.6) is 0 Å². The molecule has 0 aliphatic rings. The molecular formula is C12H16N6O. The highest BCUT2D eigenvalue weighted by atomic mass is 16.2. The SMILES string of the molecule is CC[C@@H](NC(=O)Cn1cnnn1)c1ccc(C)cn1. The van der Waals surface area contributed by atoms with Gasteiger partial charge in [0, 0.05) is 6.20 Å². The summed E-state index contributed by atoms with van der Waals surface area (Å²) in [5, 5.41) is 13.5. The van der Waals surface area contributed by atoms with Crippen molar-refractivity contribution in [2.75, 3.05) is 0 Å². The molecule has 19 heavy (non-hydrogen) atoms. The maximum Gasteiger partial charge on any atom is 0.242 e. The molecule has 0 aliphatic heterocycles. The molecule has 7 heteroatoms. The average Bonchev–Trinajstić information content (AvgIpc) is 2.90. The zero-order valence-corrected chi connectivity index (χ0v) is 10.9. The van der Waals surface area contributed by atoms with Gasteiger partial charge in [-0.15, -0.1) is 5.10 Å². The second-order valence-corrected chi connectivity index (χ2v) is 4.30. The van der Waals surface area contributed by atoms with Crippen LogP contribution >= 0.6 is 0 Å². The standard InChI is InChI=1S/C12H16N6O/c1-3-10(11-5-4-9(2)6-13-11)15-12(19)7-18-8-14-16-17-18/h4-6,8,10H,3,7H2,1-2H3,(H,15,19)/t10-/m1/s1. The summed E-state index contributed by atoms with van der Waals surface area (Å²) in [7, 11) is 0. The van der Waals surface area contributed by atoms with Gasteiger partial charge in [0.15, 0.2) is 0 Å². The number of hydrogen-bond donors (Lipinski definition) is 1. The first-order chi connectivity index (χ1) is 9.19. The summed E-state index contributed by atoms with van der Waals surface area (Å²) in [6, 6.07) is 3.82. The highest BCUT2D eigenvalue weighted by Gasteiger charge is 2.14. The molecule has 1 N–H and O–H groups in total. The normalized spacial score (nSPS) is 12.1. The second-order valence-electron chi connectivity index (χ2n) is 4.30. The van der Waals surface area contributed by atoms with Crippen LogP contribution in [0.1, 0.15) is 30.6 Å². The van der Waals surface area contributed by atoms with Gasteiger partial charge in [-0.3, -0.25) is 9.78 Å². The number of amides is 1. The first-order valence-corrected chi connectivity index (χ1v) is 6.11. The number of nitrogens with one attached hydrogen (secondary N) is 1. The van der Waals surface area contributed by atoms with Gasteiger partial charge in [-0.2, -0.15) is 0 Å². The quantitative estimate of drug-likeness (QED) is 0.852. The van der Waals surface area contributed by atoms with Crippen LogP contribution in [0.15, 0.2) is 24.7 Å². The van der Waals surface area contributed by atoms with Gasteiger partial charge in [0.25, 0.3) is 0 Å². The van der Waals surface area contributed by atoms with Gasteiger partial charge in [0.05, 0.1) is 11.7 Å². The number of aromatic nitrogens is 5. The first kappa shape index (κ1) is 13.1. The Kier molecular flexibility index (Phi) is 4.17. The third kappa shape index (κ3) is 3.57. The van der Waals surface area contributed by atoms with Gasteiger partial charge in [0.1, 0.15) is 12.9 Å². The van der Waals surface area contributed by atoms with E-state index in [1.165, 1.54) is 11.0 Å². The van der Waals surface area contributed by atoms with Gasteiger partial charge in [-0.25, -0.2) is 4.68 Å². The van der Waals surface area contributed by atoms with Crippen molar-refractivity contribution in [3.8, 4) is 0 Å². The highest BCUT2D eigenvalue weighted by Crippen LogP contribution is 2.14. The summed E-state index contributed by atoms with van der Waals surface area (Å²) in [5.41, 5.74) is 1.96. The molecule has 0 unspecified atom stereocenters. The number of carbonyl (C=O) groups is 1. The molecule has 0 spiro atoms. The third-order valence-electron chi connectivity index (χ3n) is 2.73. The van der Waals surface area contributed by atoms with E-state index in [2.05, 4.69) is 25.8 Å². The van der Waals surface area contributed by atoms with E-state index in [-0.39, 0.29) is 18.5 Å². The molecule has 0 aromatic carbocycles. The molecule has 0 aliphatic carbocycles. The Hall–Kier alpha value is -2.31. The Morgan fingerprint density at radius 3 is 2.89 bits per heavy atom. The monoisotopic (exact) mass is 260 g/mol. The van der Waals surface area contributed by atoms with Crippen LogP contribution < -0.4 is 5.32 Å². The van der Waals surface area contributed by atoms with Gasteiger partial charge in [-0.1, -0.05) is 13.0 Å². The molecule has 2 aromatic rings. The summed E-state index contributed by atoms with van der Waals surface area (Å²) in [6.45, 7) is 4.09. The number of rotatable bonds is 5. The summed E-state index contributed by atoms with van der Waals surface area (Å²) in [5.74, 6) is -0.137. The van der Waals surface area contributed by atoms with Gasteiger partial charge in [-0.05, 0) is 35.4 Å². The van der Waals surface area contributed by atoms with Crippen LogP contribution in [-0.2, 0) is 11.3 Å². The zero-order chi connectivity index (χ0) is 13.7. The Morgan fingerprint density at radius 1 is 1.47 bits per heavy atom. The Morgan fingerprint density at radius 2 is 2.32 bits per heavy atom. The maximum absolute atomic E-state index is 11.9. The molecule has 2 aromatic heterocycles. The number of carbonyl (C=O) groups excluding carboxylic acids is 1. The summed E-state index contributed by atoms with van der Waals surface area (Å²) < 4.78 is 1.38. The Balaban J connectivity index is 1.98. The molecule has 2 heterocycles. The molecular weight excluding hydrogens is 244 g/mol. The minimum Gasteiger partial charge on any atom is -0.346 e. The summed E-state index contributed by atoms with van der Waals surface area (Å²) >= 11 is 0. The number of nitrogens with zero attached hydrogens (tertiary/aromatic N) is 5. The lowest BCUT2D eigenvalue weighted by Gasteiger charge is -2.16. The number of tetrazole rings is 1. The van der Waals surface area contributed by atoms with E-state index in [4.69, 9.17) is 0 Å². The average molecular weight is 260 g/mol. The molecule has 100 valence electrons. The van der Waals surface area contributed by atoms with E-state index in [0.29, 0.717) is 0 Å². The fourth-order valence-corrected chi connectivity index (χ4v) is 1.71. The number of aryl methyl sites for hydroxylation is 1. The van der Waals surface area contributed by atoms with E-state index in [0.717, 1.165) is 17.7 Å². The van der Waals surface area contributed by atoms with Crippen molar-refractivity contribution in [2.24, 2.45) is 0 Å². The van der Waals surface area contributed by atoms with E-state index >= 15 is 0 Å². The van der Waals surface area contributed by atoms with E-state index < -0.39 is 0 Å². The zero-order valence-electron chi connectivity index (χ0n) is 10.9. The second kappa shape index (κ2) is 6.03. The molecule has 1 amide bonds. The fraction of sp³-hybridized carbons (Fsp3) is 0.417. The van der Waals surface area contributed by atoms with E-state index in [9.17, 15) is 4.79 Å². The molecule has 2 rings (SSSR count). The van der Waals surface area contributed by atoms with E-state index in [1.54, 1.807) is 6.20 Å². The highest BCUT2D eigenvalue weighted by molar-refractivity contribution is 5.76. The fourth-order valence-electron chi connectivity index (χ4n) is 1.71. The van der Waals surface area contributed by atoms with Crippen molar-refractivity contribution >= 4 is 5.91 Å². The van der Waals surface area contributed by atoms with Crippen molar-refractivity contribution < 1.29 is 4.79 Å². The molecule has 1 atom stereocenters. The maximum atomic E-state index is 11.9. The smallest absolute Gasteiger partial charge is 0.242 e. The summed E-state index contributed by atoms with van der Waals surface area (Å²) in [4.78, 5) is 16.2. The Bertz CT molecular complexity index is 522. The molecule has 7 nitrogen and oxygen atoms in total. The lowest BCUT2D eigenvalue weighted by molar-refractivity contribution is -0.122. The van der Waals surface area contributed by atoms with Crippen molar-refractivity contribution in [1.82, 2.24) is 30.5 Å². The van der Waals surface area contributed by atoms with Crippen LogP contribution in [0.3, 0.4) is 0 Å². The molecule has 0 fully saturated rings. The predicted octanol–water partition coefficient (Wildman–Crippen LogP) is 0.644. The van der Waals surface area contributed by atoms with Crippen LogP contribution in [0, 0.1) is 6.92 Å². The largest absolute Gasteiger partial charge is 0.346 e. The predicted molar refractivity (Wildman–Crippen MR) is 68.0 cm³/mol. The molecule has 0 bridgehead atoms. The number of hydrogen-bond acceptors (Lipinski definition) is 5. The Labute approximate surface area is 111 Å². The topological polar surface area (TPSA) is 85.6 Å². The minimum atomic E-state index is -0.137. The molecule has 0 saturated carbocycles. The van der Waals surface area contributed by atoms with Crippen molar-refractivity contribution in [3.05, 3.63) is 35.9 Å². The van der Waals surface area contributed by atoms with Gasteiger partial charge < -0.3 is 5.32 Å². The van der Waals surface area contributed by atoms with Crippen LogP contribution in [-0.4, -0.2) is 31.1 Å². The van der Waals surface area contributed by atoms with Gasteiger partial charge in [0.2, 0.25) is 5.91 Å². The van der Waals surface area contributed by atoms with Crippen LogP contribution in [0.2, 0.25) is 0 Å².